The summed E-state index contributed by atoms with van der Waals surface area (Å²) in [5.41, 5.74) is 1.64. The fourth-order valence-electron chi connectivity index (χ4n) is 3.60. The van der Waals surface area contributed by atoms with E-state index in [0.717, 1.165) is 25.3 Å². The quantitative estimate of drug-likeness (QED) is 0.787. The van der Waals surface area contributed by atoms with Gasteiger partial charge in [0.05, 0.1) is 6.54 Å². The molecule has 0 bridgehead atoms. The number of likely N-dealkylation sites (N-methyl/N-ethyl adjacent to an activating group) is 1. The van der Waals surface area contributed by atoms with Gasteiger partial charge in [-0.25, -0.2) is 0 Å². The molecule has 1 aromatic carbocycles. The number of amides is 1. The molecule has 1 fully saturated rings. The number of fused-ring (bicyclic) bond motifs is 2. The van der Waals surface area contributed by atoms with E-state index < -0.39 is 0 Å². The van der Waals surface area contributed by atoms with Crippen molar-refractivity contribution in [1.29, 1.82) is 0 Å². The Morgan fingerprint density at radius 2 is 1.85 bits per heavy atom. The van der Waals surface area contributed by atoms with Gasteiger partial charge in [0.2, 0.25) is 0 Å². The molecule has 4 nitrogen and oxygen atoms in total. The van der Waals surface area contributed by atoms with E-state index in [1.165, 1.54) is 5.56 Å². The Hall–Kier alpha value is -2.07. The molecule has 1 amide bonds. The zero-order chi connectivity index (χ0) is 13.7. The van der Waals surface area contributed by atoms with E-state index in [0.29, 0.717) is 0 Å². The lowest BCUT2D eigenvalue weighted by atomic mass is 9.95. The van der Waals surface area contributed by atoms with Gasteiger partial charge in [-0.15, -0.1) is 0 Å². The Morgan fingerprint density at radius 1 is 1.05 bits per heavy atom. The summed E-state index contributed by atoms with van der Waals surface area (Å²) in [6.45, 7) is 2.49. The summed E-state index contributed by atoms with van der Waals surface area (Å²) in [6.07, 6.45) is 2.00. The molecule has 2 aromatic rings. The highest BCUT2D eigenvalue weighted by Crippen LogP contribution is 2.41. The molecule has 0 saturated carbocycles. The minimum absolute atomic E-state index is 0.134. The summed E-state index contributed by atoms with van der Waals surface area (Å²) in [5, 5.41) is 0. The fraction of sp³-hybridized carbons (Fsp3) is 0.312. The van der Waals surface area contributed by atoms with Crippen molar-refractivity contribution in [3.63, 3.8) is 0 Å². The summed E-state index contributed by atoms with van der Waals surface area (Å²) >= 11 is 0. The Balaban J connectivity index is 1.93. The van der Waals surface area contributed by atoms with Gasteiger partial charge in [0, 0.05) is 19.3 Å². The lowest BCUT2D eigenvalue weighted by molar-refractivity contribution is -0.00122. The second kappa shape index (κ2) is 3.96. The van der Waals surface area contributed by atoms with Gasteiger partial charge >= 0.3 is 0 Å². The number of aromatic nitrogens is 1. The molecule has 0 N–H and O–H groups in total. The van der Waals surface area contributed by atoms with Crippen LogP contribution < -0.4 is 0 Å². The zero-order valence-corrected chi connectivity index (χ0v) is 11.5. The highest BCUT2D eigenvalue weighted by Gasteiger charge is 2.52. The number of carbonyl (C=O) groups is 1. The summed E-state index contributed by atoms with van der Waals surface area (Å²) in [7, 11) is 2.11. The van der Waals surface area contributed by atoms with E-state index in [-0.39, 0.29) is 11.6 Å². The monoisotopic (exact) mass is 267 g/mol. The lowest BCUT2D eigenvalue weighted by Gasteiger charge is -2.46. The van der Waals surface area contributed by atoms with Crippen LogP contribution in [0.25, 0.3) is 0 Å². The molecule has 1 atom stereocenters. The summed E-state index contributed by atoms with van der Waals surface area (Å²) < 4.78 is 2.08. The van der Waals surface area contributed by atoms with E-state index in [4.69, 9.17) is 0 Å². The molecule has 3 heterocycles. The third kappa shape index (κ3) is 1.32. The number of hydrogen-bond acceptors (Lipinski definition) is 2. The zero-order valence-electron chi connectivity index (χ0n) is 11.5. The predicted octanol–water partition coefficient (Wildman–Crippen LogP) is 1.74. The molecule has 1 unspecified atom stereocenters. The van der Waals surface area contributed by atoms with Crippen molar-refractivity contribution in [3.8, 4) is 0 Å². The van der Waals surface area contributed by atoms with Gasteiger partial charge in [0.1, 0.15) is 11.4 Å². The van der Waals surface area contributed by atoms with Gasteiger partial charge in [-0.2, -0.15) is 0 Å². The molecular weight excluding hydrogens is 250 g/mol. The summed E-state index contributed by atoms with van der Waals surface area (Å²) in [6, 6.07) is 14.2. The molecular formula is C16H17N3O. The van der Waals surface area contributed by atoms with E-state index in [1.54, 1.807) is 0 Å². The van der Waals surface area contributed by atoms with Crippen molar-refractivity contribution in [2.45, 2.75) is 12.2 Å². The maximum absolute atomic E-state index is 12.8. The van der Waals surface area contributed by atoms with Crippen molar-refractivity contribution < 1.29 is 4.79 Å². The highest BCUT2D eigenvalue weighted by molar-refractivity contribution is 5.94. The molecule has 2 aliphatic heterocycles. The molecule has 0 aliphatic carbocycles. The molecule has 1 aromatic heterocycles. The van der Waals surface area contributed by atoms with E-state index in [2.05, 4.69) is 28.6 Å². The standard InChI is InChI=1S/C16H17N3O/c1-17-10-11-19-15(20)14-8-5-9-18(14)12-16(17,19)13-6-3-2-4-7-13/h2-9H,10-12H2,1H3. The Kier molecular flexibility index (Phi) is 2.32. The smallest absolute Gasteiger partial charge is 0.272 e. The first-order valence-electron chi connectivity index (χ1n) is 6.97. The Morgan fingerprint density at radius 3 is 2.65 bits per heavy atom. The van der Waals surface area contributed by atoms with Crippen LogP contribution in [0.4, 0.5) is 0 Å². The summed E-state index contributed by atoms with van der Waals surface area (Å²) in [4.78, 5) is 17.1. The number of hydrogen-bond donors (Lipinski definition) is 0. The van der Waals surface area contributed by atoms with E-state index >= 15 is 0 Å². The first-order valence-corrected chi connectivity index (χ1v) is 6.97. The Bertz CT molecular complexity index is 663. The molecule has 2 aliphatic rings. The molecule has 0 radical (unpaired) electrons. The molecule has 4 rings (SSSR count). The van der Waals surface area contributed by atoms with Crippen LogP contribution in [0.15, 0.2) is 48.7 Å². The van der Waals surface area contributed by atoms with Gasteiger partial charge in [0.15, 0.2) is 0 Å². The minimum Gasteiger partial charge on any atom is -0.339 e. The average molecular weight is 267 g/mol. The molecule has 0 spiro atoms. The second-order valence-corrected chi connectivity index (χ2v) is 5.58. The van der Waals surface area contributed by atoms with Crippen molar-refractivity contribution in [1.82, 2.24) is 14.4 Å². The van der Waals surface area contributed by atoms with E-state index in [1.807, 2.05) is 41.4 Å². The SMILES string of the molecule is CN1CCN2C(=O)c3cccn3CC12c1ccccc1. The van der Waals surface area contributed by atoms with Crippen LogP contribution in [0.5, 0.6) is 0 Å². The number of rotatable bonds is 1. The average Bonchev–Trinajstić information content (AvgIpc) is 3.07. The van der Waals surface area contributed by atoms with Crippen LogP contribution in [0.2, 0.25) is 0 Å². The van der Waals surface area contributed by atoms with Crippen LogP contribution in [0.1, 0.15) is 16.1 Å². The molecule has 4 heteroatoms. The maximum atomic E-state index is 12.8. The Labute approximate surface area is 118 Å². The first kappa shape index (κ1) is 11.7. The third-order valence-corrected chi connectivity index (χ3v) is 4.66. The fourth-order valence-corrected chi connectivity index (χ4v) is 3.60. The van der Waals surface area contributed by atoms with Crippen LogP contribution in [0, 0.1) is 0 Å². The third-order valence-electron chi connectivity index (χ3n) is 4.66. The predicted molar refractivity (Wildman–Crippen MR) is 76.2 cm³/mol. The van der Waals surface area contributed by atoms with Gasteiger partial charge in [-0.1, -0.05) is 30.3 Å². The second-order valence-electron chi connectivity index (χ2n) is 5.58. The van der Waals surface area contributed by atoms with Gasteiger partial charge in [-0.05, 0) is 24.7 Å². The van der Waals surface area contributed by atoms with Gasteiger partial charge in [0.25, 0.3) is 5.91 Å². The van der Waals surface area contributed by atoms with E-state index in [9.17, 15) is 4.79 Å². The van der Waals surface area contributed by atoms with Crippen molar-refractivity contribution in [2.24, 2.45) is 0 Å². The summed E-state index contributed by atoms with van der Waals surface area (Å²) in [5.74, 6) is 0.134. The van der Waals surface area contributed by atoms with Crippen molar-refractivity contribution in [2.75, 3.05) is 20.1 Å². The van der Waals surface area contributed by atoms with Crippen LogP contribution in [-0.4, -0.2) is 40.4 Å². The van der Waals surface area contributed by atoms with Gasteiger partial charge < -0.3 is 9.47 Å². The normalized spacial score (nSPS) is 25.6. The first-order chi connectivity index (χ1) is 9.73. The van der Waals surface area contributed by atoms with Crippen LogP contribution in [0.3, 0.4) is 0 Å². The molecule has 1 saturated heterocycles. The number of benzene rings is 1. The molecule has 102 valence electrons. The maximum Gasteiger partial charge on any atom is 0.272 e. The van der Waals surface area contributed by atoms with Crippen LogP contribution in [-0.2, 0) is 12.2 Å². The largest absolute Gasteiger partial charge is 0.339 e. The topological polar surface area (TPSA) is 28.5 Å². The van der Waals surface area contributed by atoms with Gasteiger partial charge in [-0.3, -0.25) is 9.69 Å². The highest BCUT2D eigenvalue weighted by atomic mass is 16.2. The van der Waals surface area contributed by atoms with Crippen LogP contribution >= 0.6 is 0 Å². The number of carbonyl (C=O) groups excluding carboxylic acids is 1. The number of nitrogens with zero attached hydrogens (tertiary/aromatic N) is 3. The molecule has 20 heavy (non-hydrogen) atoms. The minimum atomic E-state index is -0.343. The lowest BCUT2D eigenvalue weighted by Crippen LogP contribution is -2.57. The van der Waals surface area contributed by atoms with Crippen molar-refractivity contribution in [3.05, 3.63) is 59.9 Å². The van der Waals surface area contributed by atoms with Crippen molar-refractivity contribution >= 4 is 5.91 Å².